The number of benzene rings is 2. The minimum Gasteiger partial charge on any atom is -0.350 e. The van der Waals surface area contributed by atoms with Gasteiger partial charge in [-0.3, -0.25) is 9.59 Å². The van der Waals surface area contributed by atoms with Gasteiger partial charge in [-0.05, 0) is 18.2 Å². The molecule has 1 atom stereocenters. The van der Waals surface area contributed by atoms with E-state index >= 15 is 0 Å². The highest BCUT2D eigenvalue weighted by Gasteiger charge is 2.50. The lowest BCUT2D eigenvalue weighted by Gasteiger charge is -2.35. The first-order valence-electron chi connectivity index (χ1n) is 6.31. The van der Waals surface area contributed by atoms with Crippen LogP contribution in [0.1, 0.15) is 15.9 Å². The van der Waals surface area contributed by atoms with Gasteiger partial charge in [0.25, 0.3) is 11.8 Å². The van der Waals surface area contributed by atoms with Gasteiger partial charge >= 0.3 is 0 Å². The van der Waals surface area contributed by atoms with Gasteiger partial charge in [0.2, 0.25) is 5.66 Å². The van der Waals surface area contributed by atoms with E-state index in [0.717, 1.165) is 5.56 Å². The van der Waals surface area contributed by atoms with Crippen molar-refractivity contribution in [2.45, 2.75) is 5.66 Å². The highest BCUT2D eigenvalue weighted by atomic mass is 16.2. The van der Waals surface area contributed by atoms with Crippen molar-refractivity contribution < 1.29 is 9.59 Å². The Hall–Kier alpha value is -2.82. The number of amides is 2. The first-order chi connectivity index (χ1) is 9.71. The maximum Gasteiger partial charge on any atom is 0.275 e. The van der Waals surface area contributed by atoms with Gasteiger partial charge in [-0.15, -0.1) is 0 Å². The molecule has 1 spiro atoms. The summed E-state index contributed by atoms with van der Waals surface area (Å²) in [5.41, 5.74) is 1.41. The Kier molecular flexibility index (Phi) is 1.99. The second-order valence-electron chi connectivity index (χ2n) is 4.87. The van der Waals surface area contributed by atoms with Crippen LogP contribution in [0.2, 0.25) is 0 Å². The van der Waals surface area contributed by atoms with Gasteiger partial charge in [-0.2, -0.15) is 0 Å². The number of hydrogen-bond acceptors (Lipinski definition) is 3. The van der Waals surface area contributed by atoms with Crippen LogP contribution in [0.3, 0.4) is 0 Å². The Bertz CT molecular complexity index is 756. The van der Waals surface area contributed by atoms with Crippen LogP contribution in [-0.4, -0.2) is 11.8 Å². The van der Waals surface area contributed by atoms with Gasteiger partial charge in [-0.1, -0.05) is 30.3 Å². The molecule has 0 saturated carbocycles. The minimum absolute atomic E-state index is 0.258. The van der Waals surface area contributed by atoms with Gasteiger partial charge < -0.3 is 16.0 Å². The number of carbonyl (C=O) groups excluding carboxylic acids is 2. The molecule has 0 aliphatic carbocycles. The lowest BCUT2D eigenvalue weighted by molar-refractivity contribution is -0.120. The molecule has 0 radical (unpaired) electrons. The van der Waals surface area contributed by atoms with E-state index in [-0.39, 0.29) is 11.8 Å². The van der Waals surface area contributed by atoms with Crippen LogP contribution < -0.4 is 16.0 Å². The maximum atomic E-state index is 12.4. The van der Waals surface area contributed by atoms with E-state index < -0.39 is 5.66 Å². The first kappa shape index (κ1) is 11.0. The van der Waals surface area contributed by atoms with E-state index in [2.05, 4.69) is 16.0 Å². The molecule has 5 heteroatoms. The molecule has 98 valence electrons. The molecule has 2 heterocycles. The van der Waals surface area contributed by atoms with E-state index in [0.29, 0.717) is 16.9 Å². The molecule has 2 aliphatic rings. The molecule has 0 unspecified atom stereocenters. The van der Waals surface area contributed by atoms with Crippen LogP contribution >= 0.6 is 0 Å². The van der Waals surface area contributed by atoms with Gasteiger partial charge in [0.15, 0.2) is 0 Å². The number of carbonyl (C=O) groups is 2. The number of fused-ring (bicyclic) bond motifs is 3. The van der Waals surface area contributed by atoms with E-state index in [4.69, 9.17) is 0 Å². The fourth-order valence-corrected chi connectivity index (χ4v) is 2.77. The molecule has 0 saturated heterocycles. The fourth-order valence-electron chi connectivity index (χ4n) is 2.77. The van der Waals surface area contributed by atoms with Crippen molar-refractivity contribution in [3.05, 3.63) is 59.7 Å². The number of nitrogens with one attached hydrogen (secondary N) is 3. The molecule has 4 rings (SSSR count). The van der Waals surface area contributed by atoms with E-state index in [1.165, 1.54) is 0 Å². The summed E-state index contributed by atoms with van der Waals surface area (Å²) in [6.07, 6.45) is 0. The summed E-state index contributed by atoms with van der Waals surface area (Å²) in [7, 11) is 0. The standard InChI is InChI=1S/C15H11N3O2/c19-13-9-5-1-3-7-11(9)17-15(18-13)10-6-2-4-8-12(10)16-14(15)20/h1-8,17H,(H,16,20)(H,18,19)/t15-/m1/s1. The molecule has 3 N–H and O–H groups in total. The van der Waals surface area contributed by atoms with Crippen LogP contribution in [-0.2, 0) is 10.5 Å². The van der Waals surface area contributed by atoms with Crippen molar-refractivity contribution in [1.82, 2.24) is 5.32 Å². The highest BCUT2D eigenvalue weighted by molar-refractivity contribution is 6.14. The number of para-hydroxylation sites is 2. The third-order valence-corrected chi connectivity index (χ3v) is 3.71. The van der Waals surface area contributed by atoms with E-state index in [1.54, 1.807) is 18.2 Å². The Labute approximate surface area is 115 Å². The number of rotatable bonds is 0. The Morgan fingerprint density at radius 3 is 2.35 bits per heavy atom. The topological polar surface area (TPSA) is 70.2 Å². The zero-order chi connectivity index (χ0) is 13.7. The van der Waals surface area contributed by atoms with Crippen LogP contribution in [0.4, 0.5) is 11.4 Å². The summed E-state index contributed by atoms with van der Waals surface area (Å²) in [6.45, 7) is 0. The summed E-state index contributed by atoms with van der Waals surface area (Å²) in [6, 6.07) is 14.5. The zero-order valence-corrected chi connectivity index (χ0v) is 10.4. The Morgan fingerprint density at radius 1 is 0.800 bits per heavy atom. The second kappa shape index (κ2) is 3.60. The second-order valence-corrected chi connectivity index (χ2v) is 4.87. The van der Waals surface area contributed by atoms with E-state index in [1.807, 2.05) is 30.3 Å². The molecule has 2 aromatic rings. The molecule has 5 nitrogen and oxygen atoms in total. The van der Waals surface area contributed by atoms with Crippen molar-refractivity contribution >= 4 is 23.2 Å². The lowest BCUT2D eigenvalue weighted by atomic mass is 9.96. The number of hydrogen-bond donors (Lipinski definition) is 3. The SMILES string of the molecule is O=C1N[C@@]2(Nc3ccccc31)C(=O)Nc1ccccc12. The quantitative estimate of drug-likeness (QED) is 0.678. The van der Waals surface area contributed by atoms with Crippen molar-refractivity contribution in [3.8, 4) is 0 Å². The molecule has 0 fully saturated rings. The summed E-state index contributed by atoms with van der Waals surface area (Å²) >= 11 is 0. The van der Waals surface area contributed by atoms with Gasteiger partial charge in [0.1, 0.15) is 0 Å². The van der Waals surface area contributed by atoms with E-state index in [9.17, 15) is 9.59 Å². The van der Waals surface area contributed by atoms with Gasteiger partial charge in [0.05, 0.1) is 5.56 Å². The lowest BCUT2D eigenvalue weighted by Crippen LogP contribution is -2.59. The average Bonchev–Trinajstić information content (AvgIpc) is 2.72. The van der Waals surface area contributed by atoms with Crippen molar-refractivity contribution in [2.75, 3.05) is 10.6 Å². The predicted octanol–water partition coefficient (Wildman–Crippen LogP) is 1.65. The molecule has 2 aliphatic heterocycles. The maximum absolute atomic E-state index is 12.4. The van der Waals surface area contributed by atoms with Gasteiger partial charge in [0, 0.05) is 16.9 Å². The minimum atomic E-state index is -1.22. The summed E-state index contributed by atoms with van der Waals surface area (Å²) in [5, 5.41) is 8.75. The first-order valence-corrected chi connectivity index (χ1v) is 6.31. The molecule has 20 heavy (non-hydrogen) atoms. The van der Waals surface area contributed by atoms with Crippen LogP contribution in [0.15, 0.2) is 48.5 Å². The zero-order valence-electron chi connectivity index (χ0n) is 10.4. The molecule has 0 aromatic heterocycles. The normalized spacial score (nSPS) is 22.6. The molecular weight excluding hydrogens is 254 g/mol. The summed E-state index contributed by atoms with van der Waals surface area (Å²) in [5.74, 6) is -0.534. The van der Waals surface area contributed by atoms with Crippen molar-refractivity contribution in [1.29, 1.82) is 0 Å². The average molecular weight is 265 g/mol. The van der Waals surface area contributed by atoms with Gasteiger partial charge in [-0.25, -0.2) is 0 Å². The fraction of sp³-hybridized carbons (Fsp3) is 0.0667. The number of anilines is 2. The smallest absolute Gasteiger partial charge is 0.275 e. The van der Waals surface area contributed by atoms with Crippen LogP contribution in [0.25, 0.3) is 0 Å². The Balaban J connectivity index is 1.92. The molecule has 2 amide bonds. The summed E-state index contributed by atoms with van der Waals surface area (Å²) in [4.78, 5) is 24.6. The van der Waals surface area contributed by atoms with Crippen LogP contribution in [0, 0.1) is 0 Å². The van der Waals surface area contributed by atoms with Crippen molar-refractivity contribution in [3.63, 3.8) is 0 Å². The van der Waals surface area contributed by atoms with Crippen molar-refractivity contribution in [2.24, 2.45) is 0 Å². The highest BCUT2D eigenvalue weighted by Crippen LogP contribution is 2.39. The largest absolute Gasteiger partial charge is 0.350 e. The summed E-state index contributed by atoms with van der Waals surface area (Å²) < 4.78 is 0. The van der Waals surface area contributed by atoms with Crippen LogP contribution in [0.5, 0.6) is 0 Å². The third kappa shape index (κ3) is 1.26. The molecular formula is C15H11N3O2. The molecule has 0 bridgehead atoms. The Morgan fingerprint density at radius 2 is 1.50 bits per heavy atom. The molecule has 2 aromatic carbocycles. The third-order valence-electron chi connectivity index (χ3n) is 3.71. The monoisotopic (exact) mass is 265 g/mol. The predicted molar refractivity (Wildman–Crippen MR) is 74.3 cm³/mol.